The van der Waals surface area contributed by atoms with E-state index in [9.17, 15) is 16.8 Å². The molecule has 2 heterocycles. The zero-order valence-electron chi connectivity index (χ0n) is 16.9. The lowest BCUT2D eigenvalue weighted by atomic mass is 10.0. The van der Waals surface area contributed by atoms with Crippen molar-refractivity contribution >= 4 is 53.5 Å². The Morgan fingerprint density at radius 2 is 1.69 bits per heavy atom. The van der Waals surface area contributed by atoms with Crippen LogP contribution in [0.25, 0.3) is 10.8 Å². The number of thiophene rings is 1. The van der Waals surface area contributed by atoms with E-state index in [1.54, 1.807) is 60.0 Å². The number of rotatable bonds is 5. The molecular weight excluding hydrogens is 464 g/mol. The topological polar surface area (TPSA) is 83.6 Å². The molecule has 6 nitrogen and oxygen atoms in total. The summed E-state index contributed by atoms with van der Waals surface area (Å²) in [4.78, 5) is 0.177. The number of benzene rings is 3. The standard InChI is InChI=1S/C23H20N2O4S3/c26-31(27,22-10-3-7-17-6-1-2-9-20(17)22)24-19-13-12-18-8-4-14-25(21(18)16-19)32(28,29)23-11-5-15-30-23/h1-3,5-7,9-13,15-16,24H,4,8,14H2. The highest BCUT2D eigenvalue weighted by molar-refractivity contribution is 7.94. The predicted octanol–water partition coefficient (Wildman–Crippen LogP) is 4.84. The number of sulfonamides is 2. The first-order valence-electron chi connectivity index (χ1n) is 10.1. The molecule has 0 aliphatic carbocycles. The summed E-state index contributed by atoms with van der Waals surface area (Å²) in [6, 6.07) is 20.8. The van der Waals surface area contributed by atoms with Crippen LogP contribution in [0.1, 0.15) is 12.0 Å². The van der Waals surface area contributed by atoms with E-state index in [1.807, 2.05) is 18.2 Å². The van der Waals surface area contributed by atoms with Gasteiger partial charge in [0, 0.05) is 11.9 Å². The van der Waals surface area contributed by atoms with Gasteiger partial charge in [0.1, 0.15) is 4.21 Å². The molecule has 32 heavy (non-hydrogen) atoms. The molecule has 0 atom stereocenters. The van der Waals surface area contributed by atoms with E-state index in [2.05, 4.69) is 4.72 Å². The Morgan fingerprint density at radius 1 is 0.875 bits per heavy atom. The Balaban J connectivity index is 1.54. The summed E-state index contributed by atoms with van der Waals surface area (Å²) in [6.45, 7) is 0.354. The molecule has 1 aliphatic heterocycles. The van der Waals surface area contributed by atoms with Gasteiger partial charge < -0.3 is 0 Å². The van der Waals surface area contributed by atoms with Crippen LogP contribution >= 0.6 is 11.3 Å². The lowest BCUT2D eigenvalue weighted by Gasteiger charge is -2.30. The first-order chi connectivity index (χ1) is 15.4. The smallest absolute Gasteiger partial charge is 0.273 e. The molecule has 0 fully saturated rings. The molecule has 0 saturated heterocycles. The number of anilines is 2. The van der Waals surface area contributed by atoms with Gasteiger partial charge in [-0.15, -0.1) is 11.3 Å². The van der Waals surface area contributed by atoms with E-state index < -0.39 is 20.0 Å². The van der Waals surface area contributed by atoms with E-state index in [4.69, 9.17) is 0 Å². The highest BCUT2D eigenvalue weighted by Gasteiger charge is 2.30. The number of nitrogens with one attached hydrogen (secondary N) is 1. The van der Waals surface area contributed by atoms with Crippen LogP contribution in [-0.2, 0) is 26.5 Å². The molecule has 4 aromatic rings. The maximum Gasteiger partial charge on any atom is 0.273 e. The van der Waals surface area contributed by atoms with Gasteiger partial charge in [0.2, 0.25) is 0 Å². The summed E-state index contributed by atoms with van der Waals surface area (Å²) in [5.41, 5.74) is 1.72. The number of fused-ring (bicyclic) bond motifs is 2. The molecule has 164 valence electrons. The van der Waals surface area contributed by atoms with Gasteiger partial charge in [-0.1, -0.05) is 48.5 Å². The van der Waals surface area contributed by atoms with Gasteiger partial charge in [0.25, 0.3) is 20.0 Å². The molecule has 3 aromatic carbocycles. The van der Waals surface area contributed by atoms with Crippen LogP contribution in [0.2, 0.25) is 0 Å². The largest absolute Gasteiger partial charge is 0.280 e. The number of hydrogen-bond donors (Lipinski definition) is 1. The van der Waals surface area contributed by atoms with Crippen molar-refractivity contribution in [1.29, 1.82) is 0 Å². The highest BCUT2D eigenvalue weighted by atomic mass is 32.2. The van der Waals surface area contributed by atoms with E-state index >= 15 is 0 Å². The highest BCUT2D eigenvalue weighted by Crippen LogP contribution is 2.36. The molecule has 0 bridgehead atoms. The lowest BCUT2D eigenvalue weighted by molar-refractivity contribution is 0.588. The van der Waals surface area contributed by atoms with E-state index in [0.29, 0.717) is 29.7 Å². The van der Waals surface area contributed by atoms with Gasteiger partial charge >= 0.3 is 0 Å². The summed E-state index contributed by atoms with van der Waals surface area (Å²) < 4.78 is 57.1. The van der Waals surface area contributed by atoms with Crippen LogP contribution in [0, 0.1) is 0 Å². The van der Waals surface area contributed by atoms with Crippen molar-refractivity contribution in [2.75, 3.05) is 15.6 Å². The summed E-state index contributed by atoms with van der Waals surface area (Å²) in [6.07, 6.45) is 1.45. The van der Waals surface area contributed by atoms with Crippen LogP contribution in [0.15, 0.2) is 87.3 Å². The normalized spacial score (nSPS) is 14.3. The molecule has 0 radical (unpaired) electrons. The summed E-state index contributed by atoms with van der Waals surface area (Å²) in [7, 11) is -7.58. The first kappa shape index (κ1) is 21.0. The Kier molecular flexibility index (Phi) is 5.19. The van der Waals surface area contributed by atoms with Crippen LogP contribution in [0.4, 0.5) is 11.4 Å². The van der Waals surface area contributed by atoms with Crippen molar-refractivity contribution < 1.29 is 16.8 Å². The number of nitrogens with zero attached hydrogens (tertiary/aromatic N) is 1. The zero-order valence-corrected chi connectivity index (χ0v) is 19.4. The Hall–Kier alpha value is -2.88. The van der Waals surface area contributed by atoms with Gasteiger partial charge in [-0.25, -0.2) is 16.8 Å². The van der Waals surface area contributed by atoms with Gasteiger partial charge in [0.15, 0.2) is 0 Å². The minimum atomic E-state index is -3.88. The molecule has 0 spiro atoms. The quantitative estimate of drug-likeness (QED) is 0.439. The third kappa shape index (κ3) is 3.66. The minimum absolute atomic E-state index is 0.177. The number of aryl methyl sites for hydroxylation is 1. The van der Waals surface area contributed by atoms with Crippen molar-refractivity contribution in [3.63, 3.8) is 0 Å². The Morgan fingerprint density at radius 3 is 2.50 bits per heavy atom. The molecular formula is C23H20N2O4S3. The minimum Gasteiger partial charge on any atom is -0.280 e. The SMILES string of the molecule is O=S(=O)(Nc1ccc2c(c1)N(S(=O)(=O)c1cccs1)CCC2)c1cccc2ccccc12. The predicted molar refractivity (Wildman–Crippen MR) is 128 cm³/mol. The van der Waals surface area contributed by atoms with E-state index in [1.165, 1.54) is 15.6 Å². The fourth-order valence-corrected chi connectivity index (χ4v) is 7.93. The van der Waals surface area contributed by atoms with E-state index in [-0.39, 0.29) is 9.10 Å². The van der Waals surface area contributed by atoms with Gasteiger partial charge in [-0.2, -0.15) is 0 Å². The molecule has 0 saturated carbocycles. The van der Waals surface area contributed by atoms with Crippen LogP contribution in [0.3, 0.4) is 0 Å². The third-order valence-electron chi connectivity index (χ3n) is 5.49. The summed E-state index contributed by atoms with van der Waals surface area (Å²) in [5.74, 6) is 0. The second-order valence-electron chi connectivity index (χ2n) is 7.54. The average molecular weight is 485 g/mol. The van der Waals surface area contributed by atoms with Crippen molar-refractivity contribution in [3.05, 3.63) is 83.7 Å². The third-order valence-corrected chi connectivity index (χ3v) is 10.1. The summed E-state index contributed by atoms with van der Waals surface area (Å²) >= 11 is 1.17. The summed E-state index contributed by atoms with van der Waals surface area (Å²) in [5, 5.41) is 3.18. The van der Waals surface area contributed by atoms with Gasteiger partial charge in [0.05, 0.1) is 16.3 Å². The monoisotopic (exact) mass is 484 g/mol. The lowest BCUT2D eigenvalue weighted by Crippen LogP contribution is -2.35. The molecule has 1 aliphatic rings. The average Bonchev–Trinajstić information content (AvgIpc) is 3.34. The van der Waals surface area contributed by atoms with Gasteiger partial charge in [-0.3, -0.25) is 9.03 Å². The molecule has 5 rings (SSSR count). The molecule has 0 amide bonds. The fourth-order valence-electron chi connectivity index (χ4n) is 4.01. The zero-order chi connectivity index (χ0) is 22.3. The van der Waals surface area contributed by atoms with Crippen molar-refractivity contribution in [2.24, 2.45) is 0 Å². The Labute approximate surface area is 191 Å². The fraction of sp³-hybridized carbons (Fsp3) is 0.130. The maximum atomic E-state index is 13.2. The van der Waals surface area contributed by atoms with Crippen LogP contribution < -0.4 is 9.03 Å². The Bertz CT molecular complexity index is 1510. The second-order valence-corrected chi connectivity index (χ2v) is 12.2. The van der Waals surface area contributed by atoms with Crippen LogP contribution in [-0.4, -0.2) is 23.4 Å². The second kappa shape index (κ2) is 7.91. The van der Waals surface area contributed by atoms with Crippen molar-refractivity contribution in [1.82, 2.24) is 0 Å². The first-order valence-corrected chi connectivity index (χ1v) is 13.9. The van der Waals surface area contributed by atoms with Crippen molar-refractivity contribution in [3.8, 4) is 0 Å². The molecule has 1 N–H and O–H groups in total. The maximum absolute atomic E-state index is 13.2. The number of hydrogen-bond acceptors (Lipinski definition) is 5. The molecule has 1 aromatic heterocycles. The van der Waals surface area contributed by atoms with Crippen LogP contribution in [0.5, 0.6) is 0 Å². The van der Waals surface area contributed by atoms with Gasteiger partial charge in [-0.05, 0) is 53.4 Å². The molecule has 0 unspecified atom stereocenters. The van der Waals surface area contributed by atoms with E-state index in [0.717, 1.165) is 17.4 Å². The van der Waals surface area contributed by atoms with Crippen molar-refractivity contribution in [2.45, 2.75) is 21.9 Å². The molecule has 9 heteroatoms.